The van der Waals surface area contributed by atoms with Gasteiger partial charge in [0, 0.05) is 17.4 Å². The monoisotopic (exact) mass is 268 g/mol. The molecule has 0 bridgehead atoms. The van der Waals surface area contributed by atoms with E-state index in [9.17, 15) is 4.79 Å². The number of hydrogen-bond donors (Lipinski definition) is 1. The average molecular weight is 269 g/mol. The van der Waals surface area contributed by atoms with E-state index in [0.717, 1.165) is 5.69 Å². The maximum Gasteiger partial charge on any atom is 0.349 e. The Morgan fingerprint density at radius 2 is 2.06 bits per heavy atom. The molecule has 2 aromatic rings. The highest BCUT2D eigenvalue weighted by Crippen LogP contribution is 2.30. The Labute approximate surface area is 110 Å². The highest BCUT2D eigenvalue weighted by atomic mass is 35.5. The van der Waals surface area contributed by atoms with Crippen molar-refractivity contribution in [3.05, 3.63) is 28.1 Å². The van der Waals surface area contributed by atoms with E-state index in [2.05, 4.69) is 29.0 Å². The van der Waals surface area contributed by atoms with Crippen molar-refractivity contribution >= 4 is 17.2 Å². The summed E-state index contributed by atoms with van der Waals surface area (Å²) in [5.74, 6) is 1.14. The van der Waals surface area contributed by atoms with E-state index < -0.39 is 0 Å². The van der Waals surface area contributed by atoms with Crippen LogP contribution in [0, 0.1) is 12.8 Å². The first-order valence-electron chi connectivity index (χ1n) is 6.00. The van der Waals surface area contributed by atoms with Crippen molar-refractivity contribution in [2.45, 2.75) is 39.0 Å². The van der Waals surface area contributed by atoms with E-state index in [4.69, 9.17) is 11.6 Å². The standard InChI is InChI=1S/C12H17ClN4O/c1-6(2)11(7(3)13)9-5-10-15-16-12(18)17(10)8(4)14-9/h5-7,11H,1-4H3,(H,16,18). The van der Waals surface area contributed by atoms with Crippen LogP contribution >= 0.6 is 11.6 Å². The van der Waals surface area contributed by atoms with Crippen molar-refractivity contribution in [2.75, 3.05) is 0 Å². The summed E-state index contributed by atoms with van der Waals surface area (Å²) in [5, 5.41) is 6.39. The van der Waals surface area contributed by atoms with Gasteiger partial charge in [0.05, 0.1) is 5.69 Å². The molecule has 0 aromatic carbocycles. The minimum Gasteiger partial charge on any atom is -0.246 e. The number of hydrogen-bond acceptors (Lipinski definition) is 3. The molecule has 2 unspecified atom stereocenters. The Bertz CT molecular complexity index is 606. The largest absolute Gasteiger partial charge is 0.349 e. The van der Waals surface area contributed by atoms with Gasteiger partial charge in [0.25, 0.3) is 0 Å². The molecule has 2 rings (SSSR count). The molecular weight excluding hydrogens is 252 g/mol. The van der Waals surface area contributed by atoms with Crippen molar-refractivity contribution in [1.29, 1.82) is 0 Å². The Morgan fingerprint density at radius 1 is 1.39 bits per heavy atom. The van der Waals surface area contributed by atoms with Crippen LogP contribution in [0.1, 0.15) is 38.2 Å². The van der Waals surface area contributed by atoms with Gasteiger partial charge in [-0.1, -0.05) is 13.8 Å². The SMILES string of the molecule is Cc1nc(C(C(C)C)C(C)Cl)cc2n[nH]c(=O)n12. The second-order valence-electron chi connectivity index (χ2n) is 4.90. The van der Waals surface area contributed by atoms with E-state index >= 15 is 0 Å². The van der Waals surface area contributed by atoms with Crippen molar-refractivity contribution in [1.82, 2.24) is 19.6 Å². The summed E-state index contributed by atoms with van der Waals surface area (Å²) in [5.41, 5.74) is 1.21. The number of rotatable bonds is 3. The van der Waals surface area contributed by atoms with Gasteiger partial charge in [0.1, 0.15) is 5.82 Å². The number of nitrogens with one attached hydrogen (secondary N) is 1. The number of fused-ring (bicyclic) bond motifs is 1. The fourth-order valence-corrected chi connectivity index (χ4v) is 2.82. The molecule has 5 nitrogen and oxygen atoms in total. The zero-order valence-corrected chi connectivity index (χ0v) is 11.7. The maximum absolute atomic E-state index is 11.5. The number of nitrogens with zero attached hydrogens (tertiary/aromatic N) is 3. The molecule has 0 radical (unpaired) electrons. The first-order valence-corrected chi connectivity index (χ1v) is 6.44. The molecule has 2 aromatic heterocycles. The summed E-state index contributed by atoms with van der Waals surface area (Å²) in [6.45, 7) is 7.98. The molecule has 1 N–H and O–H groups in total. The van der Waals surface area contributed by atoms with Gasteiger partial charge >= 0.3 is 5.69 Å². The quantitative estimate of drug-likeness (QED) is 0.867. The van der Waals surface area contributed by atoms with Crippen LogP contribution in [0.5, 0.6) is 0 Å². The molecule has 2 heterocycles. The molecule has 18 heavy (non-hydrogen) atoms. The van der Waals surface area contributed by atoms with E-state index in [1.807, 2.05) is 13.0 Å². The Hall–Kier alpha value is -1.36. The minimum absolute atomic E-state index is 0.0231. The van der Waals surface area contributed by atoms with Crippen LogP contribution in [0.3, 0.4) is 0 Å². The van der Waals surface area contributed by atoms with Crippen LogP contribution in [0.15, 0.2) is 10.9 Å². The third-order valence-corrected chi connectivity index (χ3v) is 3.42. The zero-order valence-electron chi connectivity index (χ0n) is 10.9. The van der Waals surface area contributed by atoms with Crippen molar-refractivity contribution in [3.8, 4) is 0 Å². The summed E-state index contributed by atoms with van der Waals surface area (Å²) >= 11 is 6.25. The lowest BCUT2D eigenvalue weighted by Crippen LogP contribution is -2.20. The number of alkyl halides is 1. The topological polar surface area (TPSA) is 63.0 Å². The van der Waals surface area contributed by atoms with Crippen LogP contribution in [0.4, 0.5) is 0 Å². The zero-order chi connectivity index (χ0) is 13.4. The van der Waals surface area contributed by atoms with E-state index in [1.54, 1.807) is 6.92 Å². The van der Waals surface area contributed by atoms with E-state index in [-0.39, 0.29) is 17.0 Å². The fourth-order valence-electron chi connectivity index (χ4n) is 2.40. The normalized spacial score (nSPS) is 15.2. The number of aromatic amines is 1. The van der Waals surface area contributed by atoms with Gasteiger partial charge in [0.15, 0.2) is 5.65 Å². The molecule has 0 amide bonds. The Morgan fingerprint density at radius 3 is 2.61 bits per heavy atom. The third kappa shape index (κ3) is 2.14. The molecule has 0 aliphatic rings. The highest BCUT2D eigenvalue weighted by molar-refractivity contribution is 6.20. The summed E-state index contributed by atoms with van der Waals surface area (Å²) in [6.07, 6.45) is 0. The minimum atomic E-state index is -0.262. The van der Waals surface area contributed by atoms with Gasteiger partial charge in [-0.25, -0.2) is 19.3 Å². The molecule has 6 heteroatoms. The van der Waals surface area contributed by atoms with Crippen LogP contribution in [0.25, 0.3) is 5.65 Å². The molecular formula is C12H17ClN4O. The first kappa shape index (κ1) is 13.1. The lowest BCUT2D eigenvalue weighted by Gasteiger charge is -2.23. The number of H-pyrrole nitrogens is 1. The predicted molar refractivity (Wildman–Crippen MR) is 71.2 cm³/mol. The second kappa shape index (κ2) is 4.72. The van der Waals surface area contributed by atoms with Crippen LogP contribution in [-0.2, 0) is 0 Å². The van der Waals surface area contributed by atoms with Gasteiger partial charge < -0.3 is 0 Å². The highest BCUT2D eigenvalue weighted by Gasteiger charge is 2.24. The van der Waals surface area contributed by atoms with Crippen molar-refractivity contribution in [3.63, 3.8) is 0 Å². The molecule has 98 valence electrons. The fraction of sp³-hybridized carbons (Fsp3) is 0.583. The summed E-state index contributed by atoms with van der Waals surface area (Å²) < 4.78 is 1.46. The molecule has 2 atom stereocenters. The van der Waals surface area contributed by atoms with Gasteiger partial charge in [-0.15, -0.1) is 11.6 Å². The lowest BCUT2D eigenvalue weighted by molar-refractivity contribution is 0.478. The Balaban J connectivity index is 2.62. The Kier molecular flexibility index (Phi) is 3.43. The lowest BCUT2D eigenvalue weighted by atomic mass is 9.89. The average Bonchev–Trinajstić information content (AvgIpc) is 2.59. The molecule has 0 fully saturated rings. The third-order valence-electron chi connectivity index (χ3n) is 3.14. The van der Waals surface area contributed by atoms with Crippen LogP contribution in [-0.4, -0.2) is 25.0 Å². The molecule has 0 aliphatic heterocycles. The summed E-state index contributed by atoms with van der Waals surface area (Å²) in [6, 6.07) is 1.83. The van der Waals surface area contributed by atoms with E-state index in [0.29, 0.717) is 17.4 Å². The van der Waals surface area contributed by atoms with Crippen molar-refractivity contribution in [2.24, 2.45) is 5.92 Å². The van der Waals surface area contributed by atoms with Crippen LogP contribution in [0.2, 0.25) is 0 Å². The second-order valence-corrected chi connectivity index (χ2v) is 5.59. The van der Waals surface area contributed by atoms with Gasteiger partial charge in [-0.05, 0) is 19.8 Å². The first-order chi connectivity index (χ1) is 8.41. The molecule has 0 saturated carbocycles. The smallest absolute Gasteiger partial charge is 0.246 e. The summed E-state index contributed by atoms with van der Waals surface area (Å²) in [4.78, 5) is 16.0. The van der Waals surface area contributed by atoms with Crippen molar-refractivity contribution < 1.29 is 0 Å². The van der Waals surface area contributed by atoms with Crippen LogP contribution < -0.4 is 5.69 Å². The number of aromatic nitrogens is 4. The maximum atomic E-state index is 11.5. The molecule has 0 spiro atoms. The predicted octanol–water partition coefficient (Wildman–Crippen LogP) is 2.09. The van der Waals surface area contributed by atoms with Gasteiger partial charge in [-0.3, -0.25) is 0 Å². The van der Waals surface area contributed by atoms with Gasteiger partial charge in [0.2, 0.25) is 0 Å². The molecule has 0 saturated heterocycles. The van der Waals surface area contributed by atoms with E-state index in [1.165, 1.54) is 4.40 Å². The summed E-state index contributed by atoms with van der Waals surface area (Å²) in [7, 11) is 0. The number of aryl methyl sites for hydroxylation is 1. The molecule has 0 aliphatic carbocycles. The number of halogens is 1. The van der Waals surface area contributed by atoms with Gasteiger partial charge in [-0.2, -0.15) is 5.10 Å².